The van der Waals surface area contributed by atoms with Crippen molar-refractivity contribution >= 4 is 5.97 Å². The fourth-order valence-electron chi connectivity index (χ4n) is 0.749. The molecule has 1 aromatic rings. The van der Waals surface area contributed by atoms with E-state index in [4.69, 9.17) is 11.2 Å². The van der Waals surface area contributed by atoms with E-state index in [2.05, 4.69) is 10.9 Å². The van der Waals surface area contributed by atoms with Crippen LogP contribution in [0.25, 0.3) is 0 Å². The maximum absolute atomic E-state index is 11.0. The lowest BCUT2D eigenvalue weighted by Gasteiger charge is -1.99. The van der Waals surface area contributed by atoms with Gasteiger partial charge in [-0.05, 0) is 6.07 Å². The van der Waals surface area contributed by atoms with Gasteiger partial charge in [0.2, 0.25) is 5.88 Å². The lowest BCUT2D eigenvalue weighted by Crippen LogP contribution is -2.07. The summed E-state index contributed by atoms with van der Waals surface area (Å²) in [5.41, 5.74) is 0. The molecule has 1 rings (SSSR count). The zero-order chi connectivity index (χ0) is 9.52. The van der Waals surface area contributed by atoms with Gasteiger partial charge in [0.25, 0.3) is 0 Å². The summed E-state index contributed by atoms with van der Waals surface area (Å²) in [6, 6.07) is 5.11. The Morgan fingerprint density at radius 1 is 1.62 bits per heavy atom. The first-order chi connectivity index (χ1) is 6.33. The Morgan fingerprint density at radius 2 is 2.46 bits per heavy atom. The predicted octanol–water partition coefficient (Wildman–Crippen LogP) is 1.40. The van der Waals surface area contributed by atoms with E-state index in [-0.39, 0.29) is 12.4 Å². The molecule has 13 heavy (non-hydrogen) atoms. The first kappa shape index (κ1) is 9.27. The molecule has 3 nitrogen and oxygen atoms in total. The molecule has 0 fully saturated rings. The Kier molecular flexibility index (Phi) is 3.52. The van der Waals surface area contributed by atoms with Gasteiger partial charge in [-0.15, -0.1) is 12.3 Å². The average Bonchev–Trinajstić information content (AvgIpc) is 2.16. The molecule has 0 aliphatic carbocycles. The molecule has 0 unspecified atom stereocenters. The number of hydrogen-bond acceptors (Lipinski definition) is 3. The second-order valence-corrected chi connectivity index (χ2v) is 2.35. The molecule has 66 valence electrons. The Labute approximate surface area is 76.8 Å². The first-order valence-electron chi connectivity index (χ1n) is 3.88. The molecule has 0 aliphatic rings. The SMILES string of the molecule is C#CCCC(=O)Oc1ccccn1. The van der Waals surface area contributed by atoms with E-state index in [9.17, 15) is 4.79 Å². The van der Waals surface area contributed by atoms with Crippen LogP contribution in [0.4, 0.5) is 0 Å². The minimum absolute atomic E-state index is 0.229. The van der Waals surface area contributed by atoms with Crippen molar-refractivity contribution in [2.24, 2.45) is 0 Å². The molecule has 0 atom stereocenters. The Bertz CT molecular complexity index is 313. The second kappa shape index (κ2) is 4.94. The standard InChI is InChI=1S/C10H9NO2/c1-2-3-7-10(12)13-9-6-4-5-8-11-9/h1,4-6,8H,3,7H2. The van der Waals surface area contributed by atoms with Crippen LogP contribution in [-0.2, 0) is 4.79 Å². The monoisotopic (exact) mass is 175 g/mol. The van der Waals surface area contributed by atoms with Gasteiger partial charge < -0.3 is 4.74 Å². The Balaban J connectivity index is 2.42. The lowest BCUT2D eigenvalue weighted by molar-refractivity contribution is -0.134. The number of rotatable bonds is 3. The van der Waals surface area contributed by atoms with Crippen molar-refractivity contribution in [3.63, 3.8) is 0 Å². The zero-order valence-electron chi connectivity index (χ0n) is 7.06. The van der Waals surface area contributed by atoms with Crippen LogP contribution in [0.5, 0.6) is 5.88 Å². The quantitative estimate of drug-likeness (QED) is 0.515. The van der Waals surface area contributed by atoms with Gasteiger partial charge in [0.05, 0.1) is 6.42 Å². The van der Waals surface area contributed by atoms with Gasteiger partial charge in [0, 0.05) is 18.7 Å². The van der Waals surface area contributed by atoms with E-state index >= 15 is 0 Å². The molecule has 1 aromatic heterocycles. The molecular weight excluding hydrogens is 166 g/mol. The van der Waals surface area contributed by atoms with Crippen molar-refractivity contribution in [1.82, 2.24) is 4.98 Å². The largest absolute Gasteiger partial charge is 0.407 e. The Hall–Kier alpha value is -1.82. The van der Waals surface area contributed by atoms with Crippen LogP contribution in [0, 0.1) is 12.3 Å². The Morgan fingerprint density at radius 3 is 3.08 bits per heavy atom. The number of nitrogens with zero attached hydrogens (tertiary/aromatic N) is 1. The van der Waals surface area contributed by atoms with Crippen molar-refractivity contribution in [2.45, 2.75) is 12.8 Å². The highest BCUT2D eigenvalue weighted by Gasteiger charge is 2.02. The van der Waals surface area contributed by atoms with Crippen LogP contribution in [0.2, 0.25) is 0 Å². The number of esters is 1. The van der Waals surface area contributed by atoms with Gasteiger partial charge in [-0.2, -0.15) is 0 Å². The summed E-state index contributed by atoms with van der Waals surface area (Å²) < 4.78 is 4.87. The fourth-order valence-corrected chi connectivity index (χ4v) is 0.749. The summed E-state index contributed by atoms with van der Waals surface area (Å²) in [4.78, 5) is 14.8. The highest BCUT2D eigenvalue weighted by atomic mass is 16.5. The van der Waals surface area contributed by atoms with Crippen molar-refractivity contribution in [2.75, 3.05) is 0 Å². The molecule has 0 radical (unpaired) electrons. The van der Waals surface area contributed by atoms with Crippen molar-refractivity contribution < 1.29 is 9.53 Å². The van der Waals surface area contributed by atoms with Crippen LogP contribution in [-0.4, -0.2) is 11.0 Å². The van der Waals surface area contributed by atoms with E-state index in [0.717, 1.165) is 0 Å². The zero-order valence-corrected chi connectivity index (χ0v) is 7.06. The number of hydrogen-bond donors (Lipinski definition) is 0. The highest BCUT2D eigenvalue weighted by molar-refractivity contribution is 5.72. The van der Waals surface area contributed by atoms with Crippen LogP contribution in [0.3, 0.4) is 0 Å². The number of carbonyl (C=O) groups excluding carboxylic acids is 1. The number of carbonyl (C=O) groups is 1. The molecule has 0 bridgehead atoms. The molecule has 0 N–H and O–H groups in total. The normalized spacial score (nSPS) is 8.85. The number of ether oxygens (including phenoxy) is 1. The van der Waals surface area contributed by atoms with Crippen molar-refractivity contribution in [1.29, 1.82) is 0 Å². The number of terminal acetylenes is 1. The number of aromatic nitrogens is 1. The number of pyridine rings is 1. The minimum Gasteiger partial charge on any atom is -0.407 e. The molecule has 0 aromatic carbocycles. The van der Waals surface area contributed by atoms with Gasteiger partial charge in [0.15, 0.2) is 0 Å². The van der Waals surface area contributed by atoms with Gasteiger partial charge in [-0.3, -0.25) is 4.79 Å². The van der Waals surface area contributed by atoms with Gasteiger partial charge in [-0.1, -0.05) is 6.07 Å². The smallest absolute Gasteiger partial charge is 0.313 e. The predicted molar refractivity (Wildman–Crippen MR) is 47.9 cm³/mol. The lowest BCUT2D eigenvalue weighted by atomic mass is 10.3. The summed E-state index contributed by atoms with van der Waals surface area (Å²) >= 11 is 0. The molecule has 0 saturated carbocycles. The average molecular weight is 175 g/mol. The van der Waals surface area contributed by atoms with Gasteiger partial charge in [0.1, 0.15) is 0 Å². The van der Waals surface area contributed by atoms with Crippen LogP contribution < -0.4 is 4.74 Å². The molecule has 0 saturated heterocycles. The third kappa shape index (κ3) is 3.39. The van der Waals surface area contributed by atoms with Gasteiger partial charge >= 0.3 is 5.97 Å². The molecular formula is C10H9NO2. The third-order valence-corrected chi connectivity index (χ3v) is 1.33. The minimum atomic E-state index is -0.350. The molecule has 0 spiro atoms. The van der Waals surface area contributed by atoms with Gasteiger partial charge in [-0.25, -0.2) is 4.98 Å². The van der Waals surface area contributed by atoms with E-state index < -0.39 is 0 Å². The van der Waals surface area contributed by atoms with Crippen LogP contribution in [0.1, 0.15) is 12.8 Å². The fraction of sp³-hybridized carbons (Fsp3) is 0.200. The molecule has 3 heteroatoms. The topological polar surface area (TPSA) is 39.2 Å². The third-order valence-electron chi connectivity index (χ3n) is 1.33. The maximum Gasteiger partial charge on any atom is 0.313 e. The molecule has 1 heterocycles. The summed E-state index contributed by atoms with van der Waals surface area (Å²) in [5.74, 6) is 2.32. The highest BCUT2D eigenvalue weighted by Crippen LogP contribution is 2.04. The summed E-state index contributed by atoms with van der Waals surface area (Å²) in [6.07, 6.45) is 7.18. The summed E-state index contributed by atoms with van der Waals surface area (Å²) in [5, 5.41) is 0. The summed E-state index contributed by atoms with van der Waals surface area (Å²) in [7, 11) is 0. The first-order valence-corrected chi connectivity index (χ1v) is 3.88. The maximum atomic E-state index is 11.0. The van der Waals surface area contributed by atoms with E-state index in [1.54, 1.807) is 24.4 Å². The van der Waals surface area contributed by atoms with Crippen LogP contribution in [0.15, 0.2) is 24.4 Å². The van der Waals surface area contributed by atoms with E-state index in [1.165, 1.54) is 0 Å². The molecule has 0 aliphatic heterocycles. The van der Waals surface area contributed by atoms with E-state index in [1.807, 2.05) is 0 Å². The summed E-state index contributed by atoms with van der Waals surface area (Å²) in [6.45, 7) is 0. The van der Waals surface area contributed by atoms with Crippen molar-refractivity contribution in [3.8, 4) is 18.2 Å². The molecule has 0 amide bonds. The van der Waals surface area contributed by atoms with E-state index in [0.29, 0.717) is 12.3 Å². The second-order valence-electron chi connectivity index (χ2n) is 2.35. The van der Waals surface area contributed by atoms with Crippen LogP contribution >= 0.6 is 0 Å². The van der Waals surface area contributed by atoms with Crippen molar-refractivity contribution in [3.05, 3.63) is 24.4 Å².